The summed E-state index contributed by atoms with van der Waals surface area (Å²) in [5.74, 6) is 0.0806. The number of piperazine rings is 1. The van der Waals surface area contributed by atoms with E-state index in [1.54, 1.807) is 12.1 Å². The zero-order chi connectivity index (χ0) is 20.5. The number of anilines is 1. The van der Waals surface area contributed by atoms with Gasteiger partial charge in [0, 0.05) is 44.9 Å². The van der Waals surface area contributed by atoms with Gasteiger partial charge < -0.3 is 14.3 Å². The van der Waals surface area contributed by atoms with Crippen molar-refractivity contribution < 1.29 is 18.1 Å². The molecule has 0 N–H and O–H groups in total. The van der Waals surface area contributed by atoms with E-state index in [9.17, 15) is 8.78 Å². The van der Waals surface area contributed by atoms with Crippen molar-refractivity contribution in [2.45, 2.75) is 6.42 Å². The first kappa shape index (κ1) is 18.7. The summed E-state index contributed by atoms with van der Waals surface area (Å²) in [5.41, 5.74) is 1.57. The van der Waals surface area contributed by atoms with Crippen LogP contribution in [0.2, 0.25) is 0 Å². The third-order valence-corrected chi connectivity index (χ3v) is 5.30. The van der Waals surface area contributed by atoms with E-state index in [1.807, 2.05) is 0 Å². The Bertz CT molecular complexity index is 1170. The van der Waals surface area contributed by atoms with Gasteiger partial charge in [-0.2, -0.15) is 0 Å². The third kappa shape index (κ3) is 3.65. The van der Waals surface area contributed by atoms with Gasteiger partial charge in [-0.15, -0.1) is 5.10 Å². The van der Waals surface area contributed by atoms with Gasteiger partial charge in [0.2, 0.25) is 0 Å². The van der Waals surface area contributed by atoms with Crippen LogP contribution in [0.5, 0.6) is 0 Å². The maximum absolute atomic E-state index is 13.4. The highest BCUT2D eigenvalue weighted by Gasteiger charge is 2.21. The SMILES string of the molecule is Fc1ccc2c(N3CCN(CCCOn4nnc5ccc(F)cc54)CC3)noc2c1. The van der Waals surface area contributed by atoms with Gasteiger partial charge in [-0.25, -0.2) is 8.78 Å². The second kappa shape index (κ2) is 7.86. The molecule has 2 aromatic heterocycles. The first-order chi connectivity index (χ1) is 14.7. The van der Waals surface area contributed by atoms with Crippen LogP contribution in [0.15, 0.2) is 40.9 Å². The molecule has 30 heavy (non-hydrogen) atoms. The Morgan fingerprint density at radius 2 is 1.80 bits per heavy atom. The second-order valence-electron chi connectivity index (χ2n) is 7.26. The maximum atomic E-state index is 13.4. The number of hydrogen-bond acceptors (Lipinski definition) is 7. The lowest BCUT2D eigenvalue weighted by Crippen LogP contribution is -2.47. The van der Waals surface area contributed by atoms with Gasteiger partial charge in [-0.3, -0.25) is 4.90 Å². The van der Waals surface area contributed by atoms with Gasteiger partial charge in [-0.1, -0.05) is 10.0 Å². The molecule has 0 radical (unpaired) electrons. The summed E-state index contributed by atoms with van der Waals surface area (Å²) in [7, 11) is 0. The fraction of sp³-hybridized carbons (Fsp3) is 0.350. The minimum absolute atomic E-state index is 0.332. The number of fused-ring (bicyclic) bond motifs is 2. The second-order valence-corrected chi connectivity index (χ2v) is 7.26. The van der Waals surface area contributed by atoms with E-state index in [4.69, 9.17) is 9.36 Å². The molecule has 1 aliphatic rings. The molecule has 0 bridgehead atoms. The molecule has 5 rings (SSSR count). The summed E-state index contributed by atoms with van der Waals surface area (Å²) in [6.45, 7) is 4.72. The molecule has 1 saturated heterocycles. The monoisotopic (exact) mass is 414 g/mol. The van der Waals surface area contributed by atoms with Crippen molar-refractivity contribution in [3.8, 4) is 0 Å². The first-order valence-electron chi connectivity index (χ1n) is 9.84. The Morgan fingerprint density at radius 3 is 2.67 bits per heavy atom. The molecule has 156 valence electrons. The van der Waals surface area contributed by atoms with Gasteiger partial charge in [0.15, 0.2) is 11.4 Å². The average molecular weight is 414 g/mol. The molecule has 0 aliphatic carbocycles. The molecule has 1 fully saturated rings. The zero-order valence-electron chi connectivity index (χ0n) is 16.2. The Kier molecular flexibility index (Phi) is 4.91. The van der Waals surface area contributed by atoms with E-state index < -0.39 is 0 Å². The molecule has 2 aromatic carbocycles. The lowest BCUT2D eigenvalue weighted by Gasteiger charge is -2.34. The predicted molar refractivity (Wildman–Crippen MR) is 106 cm³/mol. The van der Waals surface area contributed by atoms with Crippen LogP contribution in [0.3, 0.4) is 0 Å². The minimum Gasteiger partial charge on any atom is -0.395 e. The van der Waals surface area contributed by atoms with Crippen LogP contribution in [0.4, 0.5) is 14.6 Å². The van der Waals surface area contributed by atoms with Crippen molar-refractivity contribution in [3.63, 3.8) is 0 Å². The fourth-order valence-corrected chi connectivity index (χ4v) is 3.72. The Hall–Kier alpha value is -3.27. The number of rotatable bonds is 6. The van der Waals surface area contributed by atoms with E-state index >= 15 is 0 Å². The molecule has 0 amide bonds. The van der Waals surface area contributed by atoms with Crippen LogP contribution in [0, 0.1) is 11.6 Å². The number of benzene rings is 2. The van der Waals surface area contributed by atoms with Gasteiger partial charge >= 0.3 is 0 Å². The Labute approximate surface area is 170 Å². The average Bonchev–Trinajstić information content (AvgIpc) is 3.35. The molecule has 0 saturated carbocycles. The molecular weight excluding hydrogens is 394 g/mol. The summed E-state index contributed by atoms with van der Waals surface area (Å²) in [5, 5.41) is 12.8. The first-order valence-corrected chi connectivity index (χ1v) is 9.84. The molecule has 4 aromatic rings. The van der Waals surface area contributed by atoms with Crippen LogP contribution in [0.25, 0.3) is 22.0 Å². The van der Waals surface area contributed by atoms with Gasteiger partial charge in [-0.05, 0) is 35.9 Å². The molecule has 10 heteroatoms. The van der Waals surface area contributed by atoms with Gasteiger partial charge in [0.05, 0.1) is 5.39 Å². The number of hydrogen-bond donors (Lipinski definition) is 0. The topological polar surface area (TPSA) is 72.5 Å². The van der Waals surface area contributed by atoms with Gasteiger partial charge in [0.25, 0.3) is 0 Å². The van der Waals surface area contributed by atoms with Crippen LogP contribution < -0.4 is 9.74 Å². The highest BCUT2D eigenvalue weighted by Crippen LogP contribution is 2.27. The maximum Gasteiger partial charge on any atom is 0.180 e. The van der Waals surface area contributed by atoms with Crippen molar-refractivity contribution in [1.29, 1.82) is 0 Å². The standard InChI is InChI=1S/C20H20F2N6O2/c21-14-3-5-17-18(12-14)28(25-23-17)29-11-1-6-26-7-9-27(10-8-26)20-16-4-2-15(22)13-19(16)30-24-20/h2-5,12-13H,1,6-11H2. The molecule has 0 spiro atoms. The zero-order valence-corrected chi connectivity index (χ0v) is 16.2. The van der Waals surface area contributed by atoms with E-state index in [2.05, 4.69) is 25.3 Å². The normalized spacial score (nSPS) is 15.3. The van der Waals surface area contributed by atoms with Crippen molar-refractivity contribution in [1.82, 2.24) is 25.2 Å². The van der Waals surface area contributed by atoms with E-state index in [0.29, 0.717) is 23.2 Å². The molecule has 0 atom stereocenters. The minimum atomic E-state index is -0.349. The van der Waals surface area contributed by atoms with Crippen LogP contribution in [0.1, 0.15) is 6.42 Å². The quantitative estimate of drug-likeness (QED) is 0.449. The molecule has 0 unspecified atom stereocenters. The summed E-state index contributed by atoms with van der Waals surface area (Å²) in [6.07, 6.45) is 0.808. The van der Waals surface area contributed by atoms with E-state index in [-0.39, 0.29) is 11.6 Å². The summed E-state index contributed by atoms with van der Waals surface area (Å²) < 4.78 is 32.0. The van der Waals surface area contributed by atoms with Crippen molar-refractivity contribution in [2.24, 2.45) is 0 Å². The van der Waals surface area contributed by atoms with Crippen molar-refractivity contribution in [2.75, 3.05) is 44.2 Å². The number of halogens is 2. The van der Waals surface area contributed by atoms with Crippen LogP contribution in [-0.2, 0) is 0 Å². The van der Waals surface area contributed by atoms with Crippen LogP contribution >= 0.6 is 0 Å². The Morgan fingerprint density at radius 1 is 1.00 bits per heavy atom. The predicted octanol–water partition coefficient (Wildman–Crippen LogP) is 2.49. The lowest BCUT2D eigenvalue weighted by molar-refractivity contribution is 0.0784. The molecular formula is C20H20F2N6O2. The van der Waals surface area contributed by atoms with Crippen molar-refractivity contribution >= 4 is 27.8 Å². The Balaban J connectivity index is 1.11. The van der Waals surface area contributed by atoms with E-state index in [0.717, 1.165) is 50.3 Å². The molecule has 8 nitrogen and oxygen atoms in total. The lowest BCUT2D eigenvalue weighted by atomic mass is 10.2. The van der Waals surface area contributed by atoms with Crippen molar-refractivity contribution in [3.05, 3.63) is 48.0 Å². The summed E-state index contributed by atoms with van der Waals surface area (Å²) >= 11 is 0. The number of nitrogens with zero attached hydrogens (tertiary/aromatic N) is 6. The third-order valence-electron chi connectivity index (χ3n) is 5.30. The molecule has 1 aliphatic heterocycles. The molecule has 3 heterocycles. The smallest absolute Gasteiger partial charge is 0.180 e. The fourth-order valence-electron chi connectivity index (χ4n) is 3.72. The van der Waals surface area contributed by atoms with Gasteiger partial charge in [0.1, 0.15) is 29.3 Å². The highest BCUT2D eigenvalue weighted by atomic mass is 19.1. The number of aromatic nitrogens is 4. The van der Waals surface area contributed by atoms with E-state index in [1.165, 1.54) is 29.1 Å². The summed E-state index contributed by atoms with van der Waals surface area (Å²) in [6, 6.07) is 8.77. The van der Waals surface area contributed by atoms with Crippen LogP contribution in [-0.4, -0.2) is 64.5 Å². The largest absolute Gasteiger partial charge is 0.395 e. The highest BCUT2D eigenvalue weighted by molar-refractivity contribution is 5.88. The summed E-state index contributed by atoms with van der Waals surface area (Å²) in [4.78, 5) is 11.4.